The van der Waals surface area contributed by atoms with E-state index in [-0.39, 0.29) is 47.0 Å². The Morgan fingerprint density at radius 3 is 2.19 bits per heavy atom. The molecule has 0 spiro atoms. The number of amides is 2. The van der Waals surface area contributed by atoms with Crippen LogP contribution in [0.2, 0.25) is 0 Å². The van der Waals surface area contributed by atoms with Gasteiger partial charge in [0.25, 0.3) is 11.8 Å². The molecule has 1 heterocycles. The molecular formula is C27H22F3NO5. The molecule has 2 atom stereocenters. The monoisotopic (exact) mass is 497 g/mol. The highest BCUT2D eigenvalue weighted by molar-refractivity contribution is 6.34. The Bertz CT molecular complexity index is 1300. The summed E-state index contributed by atoms with van der Waals surface area (Å²) in [6.07, 6.45) is -0.987. The highest BCUT2D eigenvalue weighted by Crippen LogP contribution is 2.59. The molecule has 0 radical (unpaired) electrons. The minimum atomic E-state index is -4.53. The summed E-state index contributed by atoms with van der Waals surface area (Å²) in [7, 11) is 0. The molecular weight excluding hydrogens is 475 g/mol. The lowest BCUT2D eigenvalue weighted by atomic mass is 9.49. The molecule has 1 aliphatic heterocycles. The van der Waals surface area contributed by atoms with Crippen LogP contribution in [0.4, 0.5) is 18.9 Å². The Morgan fingerprint density at radius 2 is 1.56 bits per heavy atom. The van der Waals surface area contributed by atoms with Crippen LogP contribution in [-0.4, -0.2) is 23.6 Å². The van der Waals surface area contributed by atoms with Crippen LogP contribution in [0.25, 0.3) is 0 Å². The number of alkyl halides is 3. The first kappa shape index (κ1) is 22.9. The number of carbonyl (C=O) groups excluding carboxylic acids is 4. The van der Waals surface area contributed by atoms with Gasteiger partial charge >= 0.3 is 12.1 Å². The van der Waals surface area contributed by atoms with Crippen LogP contribution in [0.1, 0.15) is 63.9 Å². The topological polar surface area (TPSA) is 80.8 Å². The molecule has 36 heavy (non-hydrogen) atoms. The summed E-state index contributed by atoms with van der Waals surface area (Å²) in [6.45, 7) is -0.0798. The van der Waals surface area contributed by atoms with Crippen molar-refractivity contribution in [2.45, 2.75) is 44.9 Å². The number of benzene rings is 2. The summed E-state index contributed by atoms with van der Waals surface area (Å²) >= 11 is 0. The molecule has 0 aromatic heterocycles. The van der Waals surface area contributed by atoms with Gasteiger partial charge in [-0.3, -0.25) is 19.2 Å². The van der Waals surface area contributed by atoms with E-state index < -0.39 is 29.0 Å². The minimum absolute atomic E-state index is 0.0403. The zero-order chi connectivity index (χ0) is 25.4. The predicted molar refractivity (Wildman–Crippen MR) is 120 cm³/mol. The maximum absolute atomic E-state index is 13.1. The molecule has 2 aromatic carbocycles. The van der Waals surface area contributed by atoms with Crippen LogP contribution in [0.15, 0.2) is 42.5 Å². The van der Waals surface area contributed by atoms with E-state index in [2.05, 4.69) is 0 Å². The molecule has 0 N–H and O–H groups in total. The van der Waals surface area contributed by atoms with Gasteiger partial charge in [0.05, 0.1) is 27.8 Å². The maximum atomic E-state index is 13.1. The number of ether oxygens (including phenoxy) is 1. The quantitative estimate of drug-likeness (QED) is 0.441. The van der Waals surface area contributed by atoms with Crippen molar-refractivity contribution in [3.05, 3.63) is 64.7 Å². The number of halogens is 3. The number of anilines is 1. The molecule has 2 unspecified atom stereocenters. The van der Waals surface area contributed by atoms with Gasteiger partial charge in [-0.15, -0.1) is 0 Å². The third-order valence-electron chi connectivity index (χ3n) is 8.20. The van der Waals surface area contributed by atoms with Gasteiger partial charge in [0.1, 0.15) is 12.4 Å². The van der Waals surface area contributed by atoms with Gasteiger partial charge in [0.2, 0.25) is 0 Å². The maximum Gasteiger partial charge on any atom is 0.416 e. The van der Waals surface area contributed by atoms with Crippen molar-refractivity contribution in [2.75, 3.05) is 4.90 Å². The zero-order valence-electron chi connectivity index (χ0n) is 19.1. The first-order valence-electron chi connectivity index (χ1n) is 12.0. The molecule has 9 heteroatoms. The second-order valence-corrected chi connectivity index (χ2v) is 10.5. The van der Waals surface area contributed by atoms with Crippen molar-refractivity contribution in [1.82, 2.24) is 0 Å². The zero-order valence-corrected chi connectivity index (χ0v) is 19.1. The number of Topliss-reactive ketones (excluding diaryl/α,β-unsaturated/α-hetero) is 1. The second-order valence-electron chi connectivity index (χ2n) is 10.5. The Morgan fingerprint density at radius 1 is 0.917 bits per heavy atom. The van der Waals surface area contributed by atoms with E-state index in [9.17, 15) is 32.3 Å². The summed E-state index contributed by atoms with van der Waals surface area (Å²) in [5.41, 5.74) is -0.692. The Balaban J connectivity index is 1.17. The summed E-state index contributed by atoms with van der Waals surface area (Å²) in [5.74, 6) is -1.03. The molecule has 2 aromatic rings. The fourth-order valence-electron chi connectivity index (χ4n) is 6.71. The molecule has 4 saturated carbocycles. The first-order chi connectivity index (χ1) is 17.1. The van der Waals surface area contributed by atoms with Gasteiger partial charge < -0.3 is 4.74 Å². The average Bonchev–Trinajstić information content (AvgIpc) is 3.09. The van der Waals surface area contributed by atoms with E-state index >= 15 is 0 Å². The van der Waals surface area contributed by atoms with Crippen LogP contribution in [0.3, 0.4) is 0 Å². The number of hydrogen-bond donors (Lipinski definition) is 0. The predicted octanol–water partition coefficient (Wildman–Crippen LogP) is 4.94. The van der Waals surface area contributed by atoms with Crippen molar-refractivity contribution < 1.29 is 37.1 Å². The number of ketones is 1. The van der Waals surface area contributed by atoms with E-state index in [1.54, 1.807) is 6.07 Å². The van der Waals surface area contributed by atoms with E-state index in [1.165, 1.54) is 12.1 Å². The summed E-state index contributed by atoms with van der Waals surface area (Å²) in [5, 5.41) is 0. The number of imide groups is 1. The van der Waals surface area contributed by atoms with Gasteiger partial charge in [0.15, 0.2) is 0 Å². The molecule has 4 aliphatic carbocycles. The number of nitrogens with zero attached hydrogens (tertiary/aromatic N) is 1. The van der Waals surface area contributed by atoms with Crippen molar-refractivity contribution in [2.24, 2.45) is 23.2 Å². The largest absolute Gasteiger partial charge is 0.460 e. The number of carbonyl (C=O) groups is 4. The van der Waals surface area contributed by atoms with Crippen LogP contribution >= 0.6 is 0 Å². The normalized spacial score (nSPS) is 28.6. The molecule has 186 valence electrons. The summed E-state index contributed by atoms with van der Waals surface area (Å²) in [4.78, 5) is 52.2. The molecule has 2 amide bonds. The Hall–Kier alpha value is -3.49. The molecule has 4 fully saturated rings. The standard InChI is InChI=1S/C27H22F3NO5/c28-27(29,30)18-2-4-19(5-3-18)31-23(33)20-6-1-14(9-21(20)24(31)34)13-36-25(35)26-10-15-7-16(11-26)22(32)17(8-15)12-26/h1-6,9,15-17H,7-8,10-13H2. The van der Waals surface area contributed by atoms with E-state index in [0.29, 0.717) is 24.3 Å². The highest BCUT2D eigenvalue weighted by atomic mass is 19.4. The number of esters is 1. The van der Waals surface area contributed by atoms with Crippen LogP contribution in [0.5, 0.6) is 0 Å². The van der Waals surface area contributed by atoms with Gasteiger partial charge in [-0.1, -0.05) is 6.07 Å². The van der Waals surface area contributed by atoms with Crippen molar-refractivity contribution in [3.63, 3.8) is 0 Å². The van der Waals surface area contributed by atoms with Crippen molar-refractivity contribution in [1.29, 1.82) is 0 Å². The molecule has 4 bridgehead atoms. The first-order valence-corrected chi connectivity index (χ1v) is 12.0. The van der Waals surface area contributed by atoms with Gasteiger partial charge in [-0.2, -0.15) is 13.2 Å². The minimum Gasteiger partial charge on any atom is -0.460 e. The van der Waals surface area contributed by atoms with Crippen LogP contribution < -0.4 is 4.90 Å². The highest BCUT2D eigenvalue weighted by Gasteiger charge is 2.59. The number of rotatable bonds is 4. The molecule has 5 aliphatic rings. The summed E-state index contributed by atoms with van der Waals surface area (Å²) in [6, 6.07) is 8.36. The fraction of sp³-hybridized carbons (Fsp3) is 0.407. The smallest absolute Gasteiger partial charge is 0.416 e. The van der Waals surface area contributed by atoms with E-state index in [4.69, 9.17) is 4.74 Å². The lowest BCUT2D eigenvalue weighted by Crippen LogP contribution is -2.54. The third-order valence-corrected chi connectivity index (χ3v) is 8.20. The SMILES string of the molecule is O=C1C2CC3CC1CC(C(=O)OCc1ccc4c(c1)C(=O)N(c1ccc(C(F)(F)F)cc1)C4=O)(C3)C2. The molecule has 6 nitrogen and oxygen atoms in total. The van der Waals surface area contributed by atoms with Crippen LogP contribution in [-0.2, 0) is 27.1 Å². The number of fused-ring (bicyclic) bond motifs is 1. The van der Waals surface area contributed by atoms with Crippen molar-refractivity contribution >= 4 is 29.3 Å². The molecule has 0 saturated heterocycles. The lowest BCUT2D eigenvalue weighted by Gasteiger charge is -2.53. The van der Waals surface area contributed by atoms with Crippen molar-refractivity contribution in [3.8, 4) is 0 Å². The summed E-state index contributed by atoms with van der Waals surface area (Å²) < 4.78 is 44.3. The Labute approximate surface area is 204 Å². The molecule has 7 rings (SSSR count). The third kappa shape index (κ3) is 3.47. The van der Waals surface area contributed by atoms with E-state index in [1.807, 2.05) is 0 Å². The van der Waals surface area contributed by atoms with Gasteiger partial charge in [-0.05, 0) is 80.0 Å². The van der Waals surface area contributed by atoms with Crippen LogP contribution in [0, 0.1) is 23.2 Å². The average molecular weight is 497 g/mol. The number of hydrogen-bond acceptors (Lipinski definition) is 5. The Kier molecular flexibility index (Phi) is 4.94. The second kappa shape index (κ2) is 7.75. The van der Waals surface area contributed by atoms with Gasteiger partial charge in [-0.25, -0.2) is 4.90 Å². The van der Waals surface area contributed by atoms with E-state index in [0.717, 1.165) is 48.4 Å². The lowest BCUT2D eigenvalue weighted by molar-refractivity contribution is -0.175. The fourth-order valence-corrected chi connectivity index (χ4v) is 6.71. The van der Waals surface area contributed by atoms with Gasteiger partial charge in [0, 0.05) is 11.8 Å².